The molecule has 1 saturated carbocycles. The molecule has 2 aliphatic heterocycles. The van der Waals surface area contributed by atoms with Gasteiger partial charge in [-0.1, -0.05) is 39.0 Å². The molecule has 154 valence electrons. The Kier molecular flexibility index (Phi) is 5.15. The molecule has 1 aromatic rings. The summed E-state index contributed by atoms with van der Waals surface area (Å²) >= 11 is 0. The fourth-order valence-electron chi connectivity index (χ4n) is 5.31. The summed E-state index contributed by atoms with van der Waals surface area (Å²) in [7, 11) is 0. The Morgan fingerprint density at radius 1 is 1.14 bits per heavy atom. The molecule has 7 heteroatoms. The third kappa shape index (κ3) is 3.43. The average Bonchev–Trinajstić information content (AvgIpc) is 3.00. The number of piperidine rings is 1. The van der Waals surface area contributed by atoms with Crippen LogP contribution in [0.3, 0.4) is 0 Å². The molecule has 0 aromatic heterocycles. The average molecular weight is 397 g/mol. The van der Waals surface area contributed by atoms with E-state index in [-0.39, 0.29) is 30.2 Å². The molecular formula is C22H27N3O4. The zero-order valence-corrected chi connectivity index (χ0v) is 16.6. The van der Waals surface area contributed by atoms with Crippen LogP contribution in [0.25, 0.3) is 0 Å². The molecule has 4 rings (SSSR count). The Balaban J connectivity index is 1.76. The molecule has 0 spiro atoms. The smallest absolute Gasteiger partial charge is 0.255 e. The first-order valence-electron chi connectivity index (χ1n) is 10.5. The fraction of sp³-hybridized carbons (Fsp3) is 0.545. The molecule has 1 saturated heterocycles. The van der Waals surface area contributed by atoms with Crippen molar-refractivity contribution in [3.05, 3.63) is 34.9 Å². The first-order chi connectivity index (χ1) is 13.9. The van der Waals surface area contributed by atoms with Gasteiger partial charge in [0.2, 0.25) is 17.7 Å². The van der Waals surface area contributed by atoms with Crippen LogP contribution in [0.4, 0.5) is 0 Å². The summed E-state index contributed by atoms with van der Waals surface area (Å²) in [5.74, 6) is -0.891. The van der Waals surface area contributed by atoms with Crippen molar-refractivity contribution in [3.63, 3.8) is 0 Å². The van der Waals surface area contributed by atoms with Gasteiger partial charge in [-0.15, -0.1) is 0 Å². The quantitative estimate of drug-likeness (QED) is 0.760. The number of carbonyl (C=O) groups excluding carboxylic acids is 4. The summed E-state index contributed by atoms with van der Waals surface area (Å²) in [5.41, 5.74) is 7.14. The SMILES string of the molecule is C[C@H](C1CCCCC1)C1c2cc(C(N)=O)ccc2C(=O)N1C1CCC(=O)NC1=O. The van der Waals surface area contributed by atoms with Crippen LogP contribution in [0.5, 0.6) is 0 Å². The van der Waals surface area contributed by atoms with Crippen molar-refractivity contribution in [3.8, 4) is 0 Å². The lowest BCUT2D eigenvalue weighted by molar-refractivity contribution is -0.137. The highest BCUT2D eigenvalue weighted by Crippen LogP contribution is 2.46. The zero-order chi connectivity index (χ0) is 20.7. The predicted molar refractivity (Wildman–Crippen MR) is 106 cm³/mol. The van der Waals surface area contributed by atoms with E-state index in [4.69, 9.17) is 5.73 Å². The standard InChI is InChI=1S/C22H27N3O4/c1-12(13-5-3-2-4-6-13)19-16-11-14(20(23)27)7-8-15(16)22(29)25(19)17-9-10-18(26)24-21(17)28/h7-8,11-13,17,19H,2-6,9-10H2,1H3,(H2,23,27)(H,24,26,28)/t12-,17?,19?/m1/s1. The number of carbonyl (C=O) groups is 4. The second-order valence-corrected chi connectivity index (χ2v) is 8.55. The normalized spacial score (nSPS) is 26.2. The number of amides is 4. The van der Waals surface area contributed by atoms with Crippen molar-refractivity contribution in [2.45, 2.75) is 64.0 Å². The van der Waals surface area contributed by atoms with Gasteiger partial charge in [-0.05, 0) is 42.0 Å². The minimum Gasteiger partial charge on any atom is -0.366 e. The van der Waals surface area contributed by atoms with Crippen molar-refractivity contribution >= 4 is 23.6 Å². The molecule has 3 N–H and O–H groups in total. The van der Waals surface area contributed by atoms with E-state index in [1.807, 2.05) is 0 Å². The number of rotatable bonds is 4. The molecule has 1 aromatic carbocycles. The summed E-state index contributed by atoms with van der Waals surface area (Å²) in [6.07, 6.45) is 6.30. The topological polar surface area (TPSA) is 110 Å². The minimum atomic E-state index is -0.680. The van der Waals surface area contributed by atoms with Gasteiger partial charge in [0.15, 0.2) is 0 Å². The molecule has 3 atom stereocenters. The van der Waals surface area contributed by atoms with Crippen LogP contribution in [-0.2, 0) is 9.59 Å². The van der Waals surface area contributed by atoms with E-state index >= 15 is 0 Å². The molecule has 2 unspecified atom stereocenters. The van der Waals surface area contributed by atoms with Crippen LogP contribution in [0, 0.1) is 11.8 Å². The number of imide groups is 1. The molecule has 29 heavy (non-hydrogen) atoms. The fourth-order valence-corrected chi connectivity index (χ4v) is 5.31. The Morgan fingerprint density at radius 2 is 1.86 bits per heavy atom. The summed E-state index contributed by atoms with van der Waals surface area (Å²) < 4.78 is 0. The molecule has 7 nitrogen and oxygen atoms in total. The van der Waals surface area contributed by atoms with E-state index in [9.17, 15) is 19.2 Å². The zero-order valence-electron chi connectivity index (χ0n) is 16.6. The van der Waals surface area contributed by atoms with Gasteiger partial charge in [0.25, 0.3) is 5.91 Å². The van der Waals surface area contributed by atoms with Crippen LogP contribution < -0.4 is 11.1 Å². The lowest BCUT2D eigenvalue weighted by Gasteiger charge is -2.40. The highest BCUT2D eigenvalue weighted by Gasteiger charge is 2.48. The van der Waals surface area contributed by atoms with Gasteiger partial charge in [0.1, 0.15) is 6.04 Å². The molecule has 0 radical (unpaired) electrons. The second-order valence-electron chi connectivity index (χ2n) is 8.55. The van der Waals surface area contributed by atoms with Crippen LogP contribution in [0.2, 0.25) is 0 Å². The molecular weight excluding hydrogens is 370 g/mol. The summed E-state index contributed by atoms with van der Waals surface area (Å²) in [5, 5.41) is 2.38. The largest absolute Gasteiger partial charge is 0.366 e. The highest BCUT2D eigenvalue weighted by molar-refractivity contribution is 6.06. The van der Waals surface area contributed by atoms with Crippen molar-refractivity contribution in [1.82, 2.24) is 10.2 Å². The molecule has 2 heterocycles. The number of hydrogen-bond donors (Lipinski definition) is 2. The monoisotopic (exact) mass is 397 g/mol. The second kappa shape index (κ2) is 7.61. The molecule has 4 amide bonds. The van der Waals surface area contributed by atoms with Gasteiger partial charge in [-0.3, -0.25) is 24.5 Å². The summed E-state index contributed by atoms with van der Waals surface area (Å²) in [6, 6.07) is 3.94. The van der Waals surface area contributed by atoms with Crippen molar-refractivity contribution in [1.29, 1.82) is 0 Å². The van der Waals surface area contributed by atoms with Gasteiger partial charge in [-0.2, -0.15) is 0 Å². The summed E-state index contributed by atoms with van der Waals surface area (Å²) in [6.45, 7) is 2.14. The van der Waals surface area contributed by atoms with E-state index in [2.05, 4.69) is 12.2 Å². The maximum atomic E-state index is 13.3. The third-order valence-electron chi connectivity index (χ3n) is 6.86. The molecule has 0 bridgehead atoms. The lowest BCUT2D eigenvalue weighted by Crippen LogP contribution is -2.54. The van der Waals surface area contributed by atoms with Crippen LogP contribution in [0.1, 0.15) is 84.2 Å². The Morgan fingerprint density at radius 3 is 2.52 bits per heavy atom. The first kappa shape index (κ1) is 19.6. The predicted octanol–water partition coefficient (Wildman–Crippen LogP) is 2.30. The van der Waals surface area contributed by atoms with Gasteiger partial charge >= 0.3 is 0 Å². The molecule has 3 aliphatic rings. The van der Waals surface area contributed by atoms with E-state index in [1.54, 1.807) is 23.1 Å². The van der Waals surface area contributed by atoms with Crippen LogP contribution in [0.15, 0.2) is 18.2 Å². The molecule has 1 aliphatic carbocycles. The number of primary amides is 1. The Bertz CT molecular complexity index is 875. The first-order valence-corrected chi connectivity index (χ1v) is 10.5. The third-order valence-corrected chi connectivity index (χ3v) is 6.86. The van der Waals surface area contributed by atoms with E-state index in [0.717, 1.165) is 18.4 Å². The van der Waals surface area contributed by atoms with Crippen molar-refractivity contribution in [2.75, 3.05) is 0 Å². The maximum absolute atomic E-state index is 13.3. The Hall–Kier alpha value is -2.70. The van der Waals surface area contributed by atoms with Crippen molar-refractivity contribution in [2.24, 2.45) is 17.6 Å². The number of nitrogens with two attached hydrogens (primary N) is 1. The van der Waals surface area contributed by atoms with Crippen molar-refractivity contribution < 1.29 is 19.2 Å². The number of nitrogens with zero attached hydrogens (tertiary/aromatic N) is 1. The van der Waals surface area contributed by atoms with E-state index < -0.39 is 17.9 Å². The Labute approximate surface area is 170 Å². The summed E-state index contributed by atoms with van der Waals surface area (Å²) in [4.78, 5) is 51.0. The maximum Gasteiger partial charge on any atom is 0.255 e. The number of fused-ring (bicyclic) bond motifs is 1. The minimum absolute atomic E-state index is 0.133. The van der Waals surface area contributed by atoms with Gasteiger partial charge < -0.3 is 10.6 Å². The van der Waals surface area contributed by atoms with Gasteiger partial charge in [-0.25, -0.2) is 0 Å². The molecule has 2 fully saturated rings. The van der Waals surface area contributed by atoms with Crippen LogP contribution >= 0.6 is 0 Å². The van der Waals surface area contributed by atoms with E-state index in [1.165, 1.54) is 19.3 Å². The lowest BCUT2D eigenvalue weighted by atomic mass is 9.75. The van der Waals surface area contributed by atoms with E-state index in [0.29, 0.717) is 23.5 Å². The highest BCUT2D eigenvalue weighted by atomic mass is 16.2. The van der Waals surface area contributed by atoms with Gasteiger partial charge in [0, 0.05) is 17.5 Å². The number of nitrogens with one attached hydrogen (secondary N) is 1. The number of hydrogen-bond acceptors (Lipinski definition) is 4. The van der Waals surface area contributed by atoms with Gasteiger partial charge in [0.05, 0.1) is 6.04 Å². The van der Waals surface area contributed by atoms with Crippen LogP contribution in [-0.4, -0.2) is 34.6 Å². The number of benzene rings is 1.